The van der Waals surface area contributed by atoms with Crippen LogP contribution in [0.2, 0.25) is 0 Å². The highest BCUT2D eigenvalue weighted by Gasteiger charge is 2.70. The summed E-state index contributed by atoms with van der Waals surface area (Å²) in [7, 11) is 3.26. The minimum absolute atomic E-state index is 0.137. The standard InChI is InChI=1S/C17H18BrF2N3OS/c1-9(14(24)23(2)3)17-7-13(17)16(8-19,22-15(21)25-17)11-6-10(18)4-5-12(11)20/h4-6,13H,1,7-8H2,2-3H3,(H2,21,22)/t13-,16+,17?/m0/s1. The van der Waals surface area contributed by atoms with E-state index < -0.39 is 22.8 Å². The first-order valence-electron chi connectivity index (χ1n) is 7.65. The molecule has 134 valence electrons. The Kier molecular flexibility index (Phi) is 4.48. The fraction of sp³-hybridized carbons (Fsp3) is 0.412. The first kappa shape index (κ1) is 18.4. The Balaban J connectivity index is 2.11. The molecule has 0 saturated heterocycles. The van der Waals surface area contributed by atoms with E-state index in [2.05, 4.69) is 27.5 Å². The smallest absolute Gasteiger partial charge is 0.250 e. The van der Waals surface area contributed by atoms with Crippen LogP contribution in [0.1, 0.15) is 12.0 Å². The number of amides is 1. The second-order valence-corrected chi connectivity index (χ2v) is 8.83. The van der Waals surface area contributed by atoms with Gasteiger partial charge in [-0.1, -0.05) is 34.3 Å². The van der Waals surface area contributed by atoms with Crippen molar-refractivity contribution in [2.75, 3.05) is 20.8 Å². The number of fused-ring (bicyclic) bond motifs is 1. The number of alkyl halides is 1. The molecule has 1 amide bonds. The monoisotopic (exact) mass is 429 g/mol. The molecule has 8 heteroatoms. The van der Waals surface area contributed by atoms with E-state index in [1.54, 1.807) is 20.2 Å². The van der Waals surface area contributed by atoms with E-state index in [4.69, 9.17) is 5.73 Å². The molecule has 3 rings (SSSR count). The molecular weight excluding hydrogens is 412 g/mol. The minimum atomic E-state index is -1.45. The Morgan fingerprint density at radius 1 is 1.56 bits per heavy atom. The van der Waals surface area contributed by atoms with Crippen molar-refractivity contribution in [3.63, 3.8) is 0 Å². The molecule has 4 nitrogen and oxygen atoms in total. The van der Waals surface area contributed by atoms with Crippen molar-refractivity contribution in [1.29, 1.82) is 0 Å². The van der Waals surface area contributed by atoms with E-state index in [1.807, 2.05) is 0 Å². The first-order chi connectivity index (χ1) is 11.7. The van der Waals surface area contributed by atoms with Crippen LogP contribution in [0.15, 0.2) is 39.8 Å². The zero-order chi connectivity index (χ0) is 18.6. The molecule has 1 fully saturated rings. The number of nitrogens with two attached hydrogens (primary N) is 1. The lowest BCUT2D eigenvalue weighted by Gasteiger charge is -2.36. The summed E-state index contributed by atoms with van der Waals surface area (Å²) in [5, 5.41) is 0.137. The summed E-state index contributed by atoms with van der Waals surface area (Å²) in [6.45, 7) is 3.03. The van der Waals surface area contributed by atoms with Crippen molar-refractivity contribution >= 4 is 38.8 Å². The molecular formula is C17H18BrF2N3OS. The van der Waals surface area contributed by atoms with Crippen molar-refractivity contribution in [2.24, 2.45) is 16.6 Å². The second-order valence-electron chi connectivity index (χ2n) is 6.56. The van der Waals surface area contributed by atoms with Crippen LogP contribution in [0.3, 0.4) is 0 Å². The molecule has 2 N–H and O–H groups in total. The zero-order valence-electron chi connectivity index (χ0n) is 13.9. The fourth-order valence-electron chi connectivity index (χ4n) is 3.51. The molecule has 0 radical (unpaired) electrons. The SMILES string of the molecule is C=C(C(=O)N(C)C)C12C[C@H]1[C@@](CF)(c1cc(Br)ccc1F)N=C(N)S2. The van der Waals surface area contributed by atoms with Crippen LogP contribution >= 0.6 is 27.7 Å². The molecule has 0 spiro atoms. The second kappa shape index (κ2) is 6.09. The number of hydrogen-bond donors (Lipinski definition) is 1. The average Bonchev–Trinajstić information content (AvgIpc) is 3.30. The van der Waals surface area contributed by atoms with Gasteiger partial charge in [0.25, 0.3) is 0 Å². The minimum Gasteiger partial charge on any atom is -0.378 e. The number of carbonyl (C=O) groups is 1. The average molecular weight is 430 g/mol. The van der Waals surface area contributed by atoms with Crippen LogP contribution in [0.25, 0.3) is 0 Å². The predicted octanol–water partition coefficient (Wildman–Crippen LogP) is 3.22. The van der Waals surface area contributed by atoms with Gasteiger partial charge in [0.05, 0.1) is 4.75 Å². The van der Waals surface area contributed by atoms with Crippen LogP contribution in [-0.2, 0) is 10.3 Å². The number of halogens is 3. The highest BCUT2D eigenvalue weighted by Crippen LogP contribution is 2.69. The molecule has 1 heterocycles. The van der Waals surface area contributed by atoms with Crippen LogP contribution in [0, 0.1) is 11.7 Å². The van der Waals surface area contributed by atoms with Gasteiger partial charge in [-0.05, 0) is 24.6 Å². The molecule has 1 aliphatic carbocycles. The highest BCUT2D eigenvalue weighted by molar-refractivity contribution is 9.10. The van der Waals surface area contributed by atoms with Crippen molar-refractivity contribution in [1.82, 2.24) is 4.90 Å². The van der Waals surface area contributed by atoms with Gasteiger partial charge in [-0.25, -0.2) is 13.8 Å². The van der Waals surface area contributed by atoms with Gasteiger partial charge in [0, 0.05) is 35.6 Å². The third-order valence-electron chi connectivity index (χ3n) is 4.86. The third kappa shape index (κ3) is 2.70. The quantitative estimate of drug-likeness (QED) is 0.747. The molecule has 1 aliphatic heterocycles. The van der Waals surface area contributed by atoms with E-state index in [0.717, 1.165) is 0 Å². The zero-order valence-corrected chi connectivity index (χ0v) is 16.3. The molecule has 1 aromatic carbocycles. The Hall–Kier alpha value is -1.41. The van der Waals surface area contributed by atoms with Crippen LogP contribution in [-0.4, -0.2) is 41.5 Å². The number of hydrogen-bond acceptors (Lipinski definition) is 4. The Labute approximate surface area is 157 Å². The van der Waals surface area contributed by atoms with E-state index in [9.17, 15) is 13.6 Å². The van der Waals surface area contributed by atoms with Crippen LogP contribution < -0.4 is 5.73 Å². The van der Waals surface area contributed by atoms with Gasteiger partial charge in [-0.15, -0.1) is 0 Å². The summed E-state index contributed by atoms with van der Waals surface area (Å²) in [5.74, 6) is -1.18. The number of aliphatic imine (C=N–C) groups is 1. The molecule has 1 aromatic rings. The number of nitrogens with zero attached hydrogens (tertiary/aromatic N) is 2. The van der Waals surface area contributed by atoms with Gasteiger partial charge in [-0.2, -0.15) is 0 Å². The van der Waals surface area contributed by atoms with E-state index in [-0.39, 0.29) is 22.6 Å². The number of carbonyl (C=O) groups excluding carboxylic acids is 1. The van der Waals surface area contributed by atoms with Crippen molar-refractivity contribution in [3.8, 4) is 0 Å². The fourth-order valence-corrected chi connectivity index (χ4v) is 5.25. The third-order valence-corrected chi connectivity index (χ3v) is 6.71. The first-order valence-corrected chi connectivity index (χ1v) is 9.26. The maximum atomic E-state index is 14.5. The predicted molar refractivity (Wildman–Crippen MR) is 99.6 cm³/mol. The lowest BCUT2D eigenvalue weighted by atomic mass is 9.84. The summed E-state index contributed by atoms with van der Waals surface area (Å²) in [6, 6.07) is 4.35. The number of amidine groups is 1. The largest absolute Gasteiger partial charge is 0.378 e. The van der Waals surface area contributed by atoms with Crippen LogP contribution in [0.4, 0.5) is 8.78 Å². The maximum absolute atomic E-state index is 14.5. The molecule has 25 heavy (non-hydrogen) atoms. The Morgan fingerprint density at radius 3 is 2.84 bits per heavy atom. The van der Waals surface area contributed by atoms with Crippen LogP contribution in [0.5, 0.6) is 0 Å². The van der Waals surface area contributed by atoms with E-state index >= 15 is 0 Å². The van der Waals surface area contributed by atoms with Crippen molar-refractivity contribution in [2.45, 2.75) is 16.7 Å². The van der Waals surface area contributed by atoms with Gasteiger partial charge in [0.2, 0.25) is 5.91 Å². The molecule has 0 aromatic heterocycles. The summed E-state index contributed by atoms with van der Waals surface area (Å²) in [4.78, 5) is 18.1. The summed E-state index contributed by atoms with van der Waals surface area (Å²) in [5.41, 5.74) is 5.02. The summed E-state index contributed by atoms with van der Waals surface area (Å²) >= 11 is 4.52. The summed E-state index contributed by atoms with van der Waals surface area (Å²) in [6.07, 6.45) is 0.468. The molecule has 1 unspecified atom stereocenters. The number of thioether (sulfide) groups is 1. The van der Waals surface area contributed by atoms with E-state index in [0.29, 0.717) is 16.5 Å². The number of likely N-dealkylation sites (N-methyl/N-ethyl adjacent to an activating group) is 1. The lowest BCUT2D eigenvalue weighted by Crippen LogP contribution is -2.42. The van der Waals surface area contributed by atoms with Gasteiger partial charge in [0.1, 0.15) is 18.0 Å². The molecule has 3 atom stereocenters. The molecule has 2 aliphatic rings. The lowest BCUT2D eigenvalue weighted by molar-refractivity contribution is -0.124. The number of rotatable bonds is 4. The molecule has 0 bridgehead atoms. The Bertz CT molecular complexity index is 800. The van der Waals surface area contributed by atoms with Gasteiger partial charge >= 0.3 is 0 Å². The maximum Gasteiger partial charge on any atom is 0.250 e. The highest BCUT2D eigenvalue weighted by atomic mass is 79.9. The van der Waals surface area contributed by atoms with E-state index in [1.165, 1.54) is 28.8 Å². The molecule has 1 saturated carbocycles. The summed E-state index contributed by atoms with van der Waals surface area (Å²) < 4.78 is 28.7. The van der Waals surface area contributed by atoms with Crippen molar-refractivity contribution < 1.29 is 13.6 Å². The normalized spacial score (nSPS) is 30.3. The Morgan fingerprint density at radius 2 is 2.24 bits per heavy atom. The van der Waals surface area contributed by atoms with Crippen molar-refractivity contribution in [3.05, 3.63) is 46.2 Å². The van der Waals surface area contributed by atoms with Gasteiger partial charge in [0.15, 0.2) is 5.17 Å². The van der Waals surface area contributed by atoms with Gasteiger partial charge in [-0.3, -0.25) is 4.79 Å². The number of benzene rings is 1. The van der Waals surface area contributed by atoms with Gasteiger partial charge < -0.3 is 10.6 Å². The topological polar surface area (TPSA) is 58.7 Å².